The Morgan fingerprint density at radius 1 is 1.58 bits per heavy atom. The SMILES string of the molecule is Cc1cc(C(=O)N2CCC[C@H]2Cn2ccnn2)on1. The number of hydrogen-bond donors (Lipinski definition) is 0. The van der Waals surface area contributed by atoms with Gasteiger partial charge in [-0.1, -0.05) is 10.4 Å². The predicted molar refractivity (Wildman–Crippen MR) is 65.3 cm³/mol. The number of carbonyl (C=O) groups excluding carboxylic acids is 1. The van der Waals surface area contributed by atoms with Crippen LogP contribution in [0.25, 0.3) is 0 Å². The van der Waals surface area contributed by atoms with Crippen molar-refractivity contribution in [1.29, 1.82) is 0 Å². The Morgan fingerprint density at radius 2 is 2.47 bits per heavy atom. The van der Waals surface area contributed by atoms with E-state index in [-0.39, 0.29) is 11.9 Å². The molecule has 0 aromatic carbocycles. The third-order valence-corrected chi connectivity index (χ3v) is 3.35. The van der Waals surface area contributed by atoms with Crippen molar-refractivity contribution >= 4 is 5.91 Å². The van der Waals surface area contributed by atoms with Crippen molar-refractivity contribution in [3.05, 3.63) is 29.9 Å². The summed E-state index contributed by atoms with van der Waals surface area (Å²) in [5.41, 5.74) is 0.718. The van der Waals surface area contributed by atoms with E-state index >= 15 is 0 Å². The number of nitrogens with zero attached hydrogens (tertiary/aromatic N) is 5. The molecule has 0 radical (unpaired) electrons. The van der Waals surface area contributed by atoms with Crippen LogP contribution < -0.4 is 0 Å². The number of likely N-dealkylation sites (tertiary alicyclic amines) is 1. The standard InChI is InChI=1S/C12H15N5O2/c1-9-7-11(19-14-9)12(18)17-5-2-3-10(17)8-16-6-4-13-15-16/h4,6-7,10H,2-3,5,8H2,1H3/t10-/m0/s1. The first-order valence-electron chi connectivity index (χ1n) is 6.32. The zero-order valence-corrected chi connectivity index (χ0v) is 10.7. The summed E-state index contributed by atoms with van der Waals surface area (Å²) in [7, 11) is 0. The average molecular weight is 261 g/mol. The topological polar surface area (TPSA) is 77.0 Å². The second-order valence-electron chi connectivity index (χ2n) is 4.75. The van der Waals surface area contributed by atoms with Gasteiger partial charge in [0.05, 0.1) is 24.5 Å². The Morgan fingerprint density at radius 3 is 3.16 bits per heavy atom. The normalized spacial score (nSPS) is 19.0. The monoisotopic (exact) mass is 261 g/mol. The number of hydrogen-bond acceptors (Lipinski definition) is 5. The third kappa shape index (κ3) is 2.35. The predicted octanol–water partition coefficient (Wildman–Crippen LogP) is 0.879. The van der Waals surface area contributed by atoms with Crippen LogP contribution in [-0.2, 0) is 6.54 Å². The first-order valence-corrected chi connectivity index (χ1v) is 6.32. The second-order valence-corrected chi connectivity index (χ2v) is 4.75. The van der Waals surface area contributed by atoms with Crippen LogP contribution in [0.2, 0.25) is 0 Å². The minimum atomic E-state index is -0.0942. The zero-order chi connectivity index (χ0) is 13.2. The Hall–Kier alpha value is -2.18. The van der Waals surface area contributed by atoms with Gasteiger partial charge in [0, 0.05) is 18.8 Å². The lowest BCUT2D eigenvalue weighted by atomic mass is 10.2. The number of aryl methyl sites for hydroxylation is 1. The van der Waals surface area contributed by atoms with Crippen molar-refractivity contribution in [3.8, 4) is 0 Å². The van der Waals surface area contributed by atoms with Crippen molar-refractivity contribution in [2.45, 2.75) is 32.4 Å². The number of rotatable bonds is 3. The summed E-state index contributed by atoms with van der Waals surface area (Å²) in [5.74, 6) is 0.214. The lowest BCUT2D eigenvalue weighted by Gasteiger charge is -2.23. The van der Waals surface area contributed by atoms with E-state index < -0.39 is 0 Å². The lowest BCUT2D eigenvalue weighted by molar-refractivity contribution is 0.0679. The molecule has 2 aromatic heterocycles. The maximum atomic E-state index is 12.3. The van der Waals surface area contributed by atoms with Crippen LogP contribution in [-0.4, -0.2) is 43.5 Å². The molecule has 0 spiro atoms. The van der Waals surface area contributed by atoms with Crippen molar-refractivity contribution < 1.29 is 9.32 Å². The van der Waals surface area contributed by atoms with E-state index in [1.54, 1.807) is 30.1 Å². The summed E-state index contributed by atoms with van der Waals surface area (Å²) in [4.78, 5) is 14.2. The zero-order valence-electron chi connectivity index (χ0n) is 10.7. The molecule has 1 aliphatic heterocycles. The summed E-state index contributed by atoms with van der Waals surface area (Å²) >= 11 is 0. The van der Waals surface area contributed by atoms with Crippen LogP contribution in [0, 0.1) is 6.92 Å². The molecule has 19 heavy (non-hydrogen) atoms. The molecule has 1 saturated heterocycles. The molecule has 3 heterocycles. The molecule has 0 aliphatic carbocycles. The molecule has 0 unspecified atom stereocenters. The highest BCUT2D eigenvalue weighted by atomic mass is 16.5. The maximum absolute atomic E-state index is 12.3. The van der Waals surface area contributed by atoms with E-state index in [1.165, 1.54) is 0 Å². The fourth-order valence-electron chi connectivity index (χ4n) is 2.44. The van der Waals surface area contributed by atoms with Crippen LogP contribution in [0.1, 0.15) is 29.1 Å². The van der Waals surface area contributed by atoms with Gasteiger partial charge >= 0.3 is 0 Å². The molecular weight excluding hydrogens is 246 g/mol. The minimum Gasteiger partial charge on any atom is -0.351 e. The third-order valence-electron chi connectivity index (χ3n) is 3.35. The van der Waals surface area contributed by atoms with Gasteiger partial charge < -0.3 is 9.42 Å². The highest BCUT2D eigenvalue weighted by molar-refractivity contribution is 5.91. The maximum Gasteiger partial charge on any atom is 0.292 e. The van der Waals surface area contributed by atoms with Gasteiger partial charge in [-0.15, -0.1) is 5.10 Å². The van der Waals surface area contributed by atoms with Gasteiger partial charge in [0.1, 0.15) is 0 Å². The van der Waals surface area contributed by atoms with E-state index in [2.05, 4.69) is 15.5 Å². The molecule has 7 heteroatoms. The largest absolute Gasteiger partial charge is 0.351 e. The van der Waals surface area contributed by atoms with E-state index in [4.69, 9.17) is 4.52 Å². The highest BCUT2D eigenvalue weighted by Gasteiger charge is 2.31. The summed E-state index contributed by atoms with van der Waals surface area (Å²) in [6.07, 6.45) is 5.41. The van der Waals surface area contributed by atoms with Crippen molar-refractivity contribution in [1.82, 2.24) is 25.1 Å². The Kier molecular flexibility index (Phi) is 3.02. The molecular formula is C12H15N5O2. The Bertz CT molecular complexity index is 562. The van der Waals surface area contributed by atoms with Gasteiger partial charge in [0.15, 0.2) is 0 Å². The van der Waals surface area contributed by atoms with Gasteiger partial charge in [-0.3, -0.25) is 9.48 Å². The van der Waals surface area contributed by atoms with E-state index in [1.807, 2.05) is 4.90 Å². The lowest BCUT2D eigenvalue weighted by Crippen LogP contribution is -2.38. The number of aromatic nitrogens is 4. The quantitative estimate of drug-likeness (QED) is 0.819. The van der Waals surface area contributed by atoms with Crippen LogP contribution in [0.15, 0.2) is 23.0 Å². The Balaban J connectivity index is 1.74. The minimum absolute atomic E-state index is 0.0942. The Labute approximate surface area is 110 Å². The van der Waals surface area contributed by atoms with Crippen LogP contribution in [0.5, 0.6) is 0 Å². The van der Waals surface area contributed by atoms with Gasteiger partial charge in [-0.25, -0.2) is 0 Å². The molecule has 100 valence electrons. The summed E-state index contributed by atoms with van der Waals surface area (Å²) in [6, 6.07) is 1.81. The molecule has 1 fully saturated rings. The van der Waals surface area contributed by atoms with Gasteiger partial charge in [0.25, 0.3) is 5.91 Å². The summed E-state index contributed by atoms with van der Waals surface area (Å²) in [5, 5.41) is 11.5. The molecule has 2 aromatic rings. The molecule has 1 atom stereocenters. The first kappa shape index (κ1) is 11.9. The molecule has 1 aliphatic rings. The van der Waals surface area contributed by atoms with E-state index in [9.17, 15) is 4.79 Å². The number of amides is 1. The molecule has 0 bridgehead atoms. The molecule has 0 saturated carbocycles. The van der Waals surface area contributed by atoms with Crippen LogP contribution >= 0.6 is 0 Å². The molecule has 7 nitrogen and oxygen atoms in total. The fraction of sp³-hybridized carbons (Fsp3) is 0.500. The van der Waals surface area contributed by atoms with Gasteiger partial charge in [0.2, 0.25) is 5.76 Å². The van der Waals surface area contributed by atoms with Gasteiger partial charge in [-0.05, 0) is 19.8 Å². The average Bonchev–Trinajstić information content (AvgIpc) is 3.10. The van der Waals surface area contributed by atoms with Crippen molar-refractivity contribution in [2.75, 3.05) is 6.54 Å². The molecule has 1 amide bonds. The molecule has 0 N–H and O–H groups in total. The smallest absolute Gasteiger partial charge is 0.292 e. The van der Waals surface area contributed by atoms with Crippen molar-refractivity contribution in [2.24, 2.45) is 0 Å². The first-order chi connectivity index (χ1) is 9.24. The second kappa shape index (κ2) is 4.83. The van der Waals surface area contributed by atoms with Crippen LogP contribution in [0.4, 0.5) is 0 Å². The summed E-state index contributed by atoms with van der Waals surface area (Å²) in [6.45, 7) is 3.22. The highest BCUT2D eigenvalue weighted by Crippen LogP contribution is 2.21. The van der Waals surface area contributed by atoms with Crippen molar-refractivity contribution in [3.63, 3.8) is 0 Å². The fourth-order valence-corrected chi connectivity index (χ4v) is 2.44. The van der Waals surface area contributed by atoms with E-state index in [0.717, 1.165) is 25.1 Å². The van der Waals surface area contributed by atoms with Crippen LogP contribution in [0.3, 0.4) is 0 Å². The molecule has 3 rings (SSSR count). The van der Waals surface area contributed by atoms with Gasteiger partial charge in [-0.2, -0.15) is 0 Å². The van der Waals surface area contributed by atoms with E-state index in [0.29, 0.717) is 12.3 Å². The number of carbonyl (C=O) groups is 1. The summed E-state index contributed by atoms with van der Waals surface area (Å²) < 4.78 is 6.80.